The first-order chi connectivity index (χ1) is 12.5. The lowest BCUT2D eigenvalue weighted by Crippen LogP contribution is -2.47. The molecule has 1 aliphatic heterocycles. The fourth-order valence-electron chi connectivity index (χ4n) is 3.36. The van der Waals surface area contributed by atoms with Gasteiger partial charge in [0.15, 0.2) is 5.75 Å². The largest absolute Gasteiger partial charge is 0.489 e. The number of alkyl halides is 6. The van der Waals surface area contributed by atoms with Crippen molar-refractivity contribution in [3.63, 3.8) is 0 Å². The van der Waals surface area contributed by atoms with Crippen LogP contribution in [0, 0.1) is 0 Å². The Morgan fingerprint density at radius 3 is 2.52 bits per heavy atom. The van der Waals surface area contributed by atoms with Crippen LogP contribution >= 0.6 is 0 Å². The Hall–Kier alpha value is -2.39. The Balaban J connectivity index is 2.25. The molecular weight excluding hydrogens is 378 g/mol. The molecule has 0 saturated heterocycles. The number of nitrogens with zero attached hydrogens (tertiary/aromatic N) is 1. The molecule has 4 nitrogen and oxygen atoms in total. The minimum atomic E-state index is -4.86. The zero-order valence-corrected chi connectivity index (χ0v) is 14.2. The van der Waals surface area contributed by atoms with Gasteiger partial charge < -0.3 is 14.6 Å². The average molecular weight is 394 g/mol. The minimum Gasteiger partial charge on any atom is -0.489 e. The SMILES string of the molecule is CCCC1COc2c(ccc3[nH]c(=O)cc(C(F)(F)F)c23)N1CC(F)(F)F. The molecule has 0 saturated carbocycles. The van der Waals surface area contributed by atoms with Crippen molar-refractivity contribution in [3.8, 4) is 5.75 Å². The lowest BCUT2D eigenvalue weighted by molar-refractivity contribution is -0.136. The molecule has 27 heavy (non-hydrogen) atoms. The van der Waals surface area contributed by atoms with Gasteiger partial charge in [0.25, 0.3) is 0 Å². The number of nitrogens with one attached hydrogen (secondary N) is 1. The van der Waals surface area contributed by atoms with Crippen molar-refractivity contribution in [2.75, 3.05) is 18.1 Å². The highest BCUT2D eigenvalue weighted by Gasteiger charge is 2.40. The summed E-state index contributed by atoms with van der Waals surface area (Å²) in [5.41, 5.74) is -2.41. The van der Waals surface area contributed by atoms with Crippen LogP contribution in [-0.4, -0.2) is 30.4 Å². The Morgan fingerprint density at radius 2 is 1.93 bits per heavy atom. The van der Waals surface area contributed by atoms with Crippen molar-refractivity contribution < 1.29 is 31.1 Å². The summed E-state index contributed by atoms with van der Waals surface area (Å²) in [4.78, 5) is 14.9. The van der Waals surface area contributed by atoms with E-state index >= 15 is 0 Å². The molecule has 1 aliphatic rings. The van der Waals surface area contributed by atoms with E-state index in [2.05, 4.69) is 4.98 Å². The number of aromatic nitrogens is 1. The normalized spacial score (nSPS) is 17.7. The number of pyridine rings is 1. The summed E-state index contributed by atoms with van der Waals surface area (Å²) < 4.78 is 85.0. The number of rotatable bonds is 3. The van der Waals surface area contributed by atoms with Crippen molar-refractivity contribution in [1.82, 2.24) is 4.98 Å². The van der Waals surface area contributed by atoms with Crippen LogP contribution < -0.4 is 15.2 Å². The Morgan fingerprint density at radius 1 is 1.22 bits per heavy atom. The predicted molar refractivity (Wildman–Crippen MR) is 87.2 cm³/mol. The maximum atomic E-state index is 13.4. The van der Waals surface area contributed by atoms with Gasteiger partial charge in [-0.1, -0.05) is 13.3 Å². The van der Waals surface area contributed by atoms with Crippen LogP contribution in [0.25, 0.3) is 10.9 Å². The van der Waals surface area contributed by atoms with Gasteiger partial charge in [-0.3, -0.25) is 4.79 Å². The first-order valence-corrected chi connectivity index (χ1v) is 8.24. The summed E-state index contributed by atoms with van der Waals surface area (Å²) in [6, 6.07) is 2.20. The Labute approximate surface area is 149 Å². The molecule has 0 bridgehead atoms. The molecule has 3 rings (SSSR count). The highest BCUT2D eigenvalue weighted by atomic mass is 19.4. The lowest BCUT2D eigenvalue weighted by Gasteiger charge is -2.39. The van der Waals surface area contributed by atoms with E-state index in [0.717, 1.165) is 4.90 Å². The first-order valence-electron chi connectivity index (χ1n) is 8.24. The van der Waals surface area contributed by atoms with Crippen molar-refractivity contribution in [3.05, 3.63) is 34.1 Å². The zero-order valence-electron chi connectivity index (χ0n) is 14.2. The van der Waals surface area contributed by atoms with E-state index in [1.807, 2.05) is 0 Å². The number of H-pyrrole nitrogens is 1. The molecule has 1 aromatic heterocycles. The lowest BCUT2D eigenvalue weighted by atomic mass is 10.0. The third kappa shape index (κ3) is 3.84. The van der Waals surface area contributed by atoms with Gasteiger partial charge >= 0.3 is 12.4 Å². The molecule has 1 atom stereocenters. The quantitative estimate of drug-likeness (QED) is 0.781. The van der Waals surface area contributed by atoms with Gasteiger partial charge in [-0.05, 0) is 18.6 Å². The summed E-state index contributed by atoms with van der Waals surface area (Å²) >= 11 is 0. The number of hydrogen-bond acceptors (Lipinski definition) is 3. The third-order valence-electron chi connectivity index (χ3n) is 4.39. The molecule has 10 heteroatoms. The molecule has 1 N–H and O–H groups in total. The van der Waals surface area contributed by atoms with Gasteiger partial charge in [0.1, 0.15) is 13.2 Å². The number of ether oxygens (including phenoxy) is 1. The van der Waals surface area contributed by atoms with Crippen molar-refractivity contribution in [2.45, 2.75) is 38.2 Å². The van der Waals surface area contributed by atoms with E-state index in [-0.39, 0.29) is 23.6 Å². The van der Waals surface area contributed by atoms with Crippen LogP contribution in [0.5, 0.6) is 5.75 Å². The van der Waals surface area contributed by atoms with E-state index in [9.17, 15) is 31.1 Å². The van der Waals surface area contributed by atoms with Crippen LogP contribution in [0.15, 0.2) is 23.0 Å². The average Bonchev–Trinajstić information content (AvgIpc) is 2.53. The molecule has 0 amide bonds. The van der Waals surface area contributed by atoms with E-state index in [1.54, 1.807) is 6.92 Å². The molecule has 0 spiro atoms. The van der Waals surface area contributed by atoms with Crippen LogP contribution in [0.2, 0.25) is 0 Å². The number of anilines is 1. The second-order valence-electron chi connectivity index (χ2n) is 6.38. The molecular formula is C17H16F6N2O2. The van der Waals surface area contributed by atoms with Gasteiger partial charge in [0.05, 0.1) is 28.2 Å². The van der Waals surface area contributed by atoms with Crippen molar-refractivity contribution in [2.24, 2.45) is 0 Å². The fourth-order valence-corrected chi connectivity index (χ4v) is 3.36. The number of aromatic amines is 1. The van der Waals surface area contributed by atoms with E-state index in [1.165, 1.54) is 12.1 Å². The topological polar surface area (TPSA) is 45.3 Å². The third-order valence-corrected chi connectivity index (χ3v) is 4.39. The molecule has 0 radical (unpaired) electrons. The molecule has 2 heterocycles. The van der Waals surface area contributed by atoms with E-state index in [4.69, 9.17) is 4.74 Å². The van der Waals surface area contributed by atoms with Gasteiger partial charge in [-0.25, -0.2) is 0 Å². The summed E-state index contributed by atoms with van der Waals surface area (Å²) in [6.07, 6.45) is -8.41. The van der Waals surface area contributed by atoms with Gasteiger partial charge in [-0.2, -0.15) is 26.3 Å². The summed E-state index contributed by atoms with van der Waals surface area (Å²) in [5.74, 6) is -0.298. The van der Waals surface area contributed by atoms with Gasteiger partial charge in [0.2, 0.25) is 5.56 Å². The van der Waals surface area contributed by atoms with Gasteiger partial charge in [-0.15, -0.1) is 0 Å². The second-order valence-corrected chi connectivity index (χ2v) is 6.38. The van der Waals surface area contributed by atoms with E-state index in [0.29, 0.717) is 18.9 Å². The maximum absolute atomic E-state index is 13.4. The highest BCUT2D eigenvalue weighted by Crippen LogP contribution is 2.45. The standard InChI is InChI=1S/C17H16F6N2O2/c1-2-3-9-7-27-15-12(25(9)8-16(18,19)20)5-4-11-14(15)10(17(21,22)23)6-13(26)24-11/h4-6,9H,2-3,7-8H2,1H3,(H,24,26). The monoisotopic (exact) mass is 394 g/mol. The number of benzene rings is 1. The van der Waals surface area contributed by atoms with Gasteiger partial charge in [0, 0.05) is 6.07 Å². The second kappa shape index (κ2) is 6.65. The molecule has 1 unspecified atom stereocenters. The van der Waals surface area contributed by atoms with Crippen LogP contribution in [0.4, 0.5) is 32.0 Å². The maximum Gasteiger partial charge on any atom is 0.417 e. The van der Waals surface area contributed by atoms with Crippen LogP contribution in [-0.2, 0) is 6.18 Å². The Bertz CT molecular complexity index is 903. The smallest absolute Gasteiger partial charge is 0.417 e. The summed E-state index contributed by atoms with van der Waals surface area (Å²) in [6.45, 7) is 0.324. The summed E-state index contributed by atoms with van der Waals surface area (Å²) in [7, 11) is 0. The summed E-state index contributed by atoms with van der Waals surface area (Å²) in [5, 5.41) is -0.443. The van der Waals surface area contributed by atoms with Crippen molar-refractivity contribution in [1.29, 1.82) is 0 Å². The Kier molecular flexibility index (Phi) is 4.77. The van der Waals surface area contributed by atoms with Crippen LogP contribution in [0.3, 0.4) is 0 Å². The zero-order chi connectivity index (χ0) is 20.0. The number of halogens is 6. The fraction of sp³-hybridized carbons (Fsp3) is 0.471. The minimum absolute atomic E-state index is 0.0675. The van der Waals surface area contributed by atoms with E-state index < -0.39 is 41.4 Å². The highest BCUT2D eigenvalue weighted by molar-refractivity contribution is 5.94. The molecule has 2 aromatic rings. The molecule has 0 fully saturated rings. The number of fused-ring (bicyclic) bond motifs is 3. The van der Waals surface area contributed by atoms with Crippen molar-refractivity contribution >= 4 is 16.6 Å². The molecule has 148 valence electrons. The first kappa shape index (κ1) is 19.4. The van der Waals surface area contributed by atoms with Crippen LogP contribution in [0.1, 0.15) is 25.3 Å². The predicted octanol–water partition coefficient (Wildman–Crippen LogP) is 4.48. The molecule has 0 aliphatic carbocycles. The number of hydrogen-bond donors (Lipinski definition) is 1. The molecule has 1 aromatic carbocycles.